The number of ether oxygens (including phenoxy) is 1. The number of nitrogens with zero attached hydrogens (tertiary/aromatic N) is 1. The minimum atomic E-state index is -3.62. The van der Waals surface area contributed by atoms with Crippen molar-refractivity contribution in [3.05, 3.63) is 59.4 Å². The molecular weight excluding hydrogens is 378 g/mol. The van der Waals surface area contributed by atoms with Crippen LogP contribution < -0.4 is 4.74 Å². The van der Waals surface area contributed by atoms with E-state index < -0.39 is 16.0 Å². The lowest BCUT2D eigenvalue weighted by molar-refractivity contribution is 0.0734. The molecule has 28 heavy (non-hydrogen) atoms. The molecule has 0 atom stereocenters. The van der Waals surface area contributed by atoms with E-state index in [0.717, 1.165) is 46.7 Å². The molecule has 0 unspecified atom stereocenters. The van der Waals surface area contributed by atoms with E-state index in [0.29, 0.717) is 5.75 Å². The van der Waals surface area contributed by atoms with E-state index in [2.05, 4.69) is 0 Å². The maximum Gasteiger partial charge on any atom is 0.343 e. The normalized spacial score (nSPS) is 14.2. The van der Waals surface area contributed by atoms with Gasteiger partial charge in [0.15, 0.2) is 0 Å². The van der Waals surface area contributed by atoms with Crippen LogP contribution in [0.25, 0.3) is 11.0 Å². The first-order valence-corrected chi connectivity index (χ1v) is 10.6. The number of rotatable bonds is 4. The summed E-state index contributed by atoms with van der Waals surface area (Å²) in [5.74, 6) is 0.825. The lowest BCUT2D eigenvalue weighted by Crippen LogP contribution is -2.22. The van der Waals surface area contributed by atoms with Gasteiger partial charge in [-0.3, -0.25) is 0 Å². The highest BCUT2D eigenvalue weighted by molar-refractivity contribution is 7.89. The fourth-order valence-corrected chi connectivity index (χ4v) is 4.41. The van der Waals surface area contributed by atoms with Gasteiger partial charge >= 0.3 is 5.97 Å². The van der Waals surface area contributed by atoms with Gasteiger partial charge in [-0.1, -0.05) is 6.07 Å². The van der Waals surface area contributed by atoms with Crippen LogP contribution in [0.15, 0.2) is 51.8 Å². The fraction of sp³-hybridized carbons (Fsp3) is 0.286. The maximum atomic E-state index is 12.6. The van der Waals surface area contributed by atoms with Gasteiger partial charge < -0.3 is 9.15 Å². The van der Waals surface area contributed by atoms with Gasteiger partial charge in [0.25, 0.3) is 0 Å². The maximum absolute atomic E-state index is 12.6. The first kappa shape index (κ1) is 18.7. The van der Waals surface area contributed by atoms with Crippen LogP contribution in [0.4, 0.5) is 0 Å². The van der Waals surface area contributed by atoms with Crippen molar-refractivity contribution >= 4 is 27.0 Å². The van der Waals surface area contributed by atoms with Crippen LogP contribution in [0.5, 0.6) is 5.75 Å². The second kappa shape index (κ2) is 7.07. The number of benzene rings is 2. The van der Waals surface area contributed by atoms with E-state index in [4.69, 9.17) is 9.15 Å². The highest BCUT2D eigenvalue weighted by Gasteiger charge is 2.21. The zero-order valence-corrected chi connectivity index (χ0v) is 16.6. The average Bonchev–Trinajstić information content (AvgIpc) is 3.06. The Morgan fingerprint density at radius 3 is 2.64 bits per heavy atom. The molecule has 2 aromatic carbocycles. The molecule has 6 nitrogen and oxygen atoms in total. The van der Waals surface area contributed by atoms with Gasteiger partial charge in [-0.2, -0.15) is 0 Å². The molecule has 0 amide bonds. The van der Waals surface area contributed by atoms with Crippen LogP contribution in [0.2, 0.25) is 0 Å². The lowest BCUT2D eigenvalue weighted by Gasteiger charge is -2.12. The summed E-state index contributed by atoms with van der Waals surface area (Å²) >= 11 is 0. The summed E-state index contributed by atoms with van der Waals surface area (Å²) < 4.78 is 37.1. The zero-order chi connectivity index (χ0) is 19.9. The Hall–Kier alpha value is -2.64. The second-order valence-corrected chi connectivity index (χ2v) is 9.23. The van der Waals surface area contributed by atoms with Crippen LogP contribution >= 0.6 is 0 Å². The van der Waals surface area contributed by atoms with Crippen LogP contribution in [-0.4, -0.2) is 32.8 Å². The number of hydrogen-bond donors (Lipinski definition) is 0. The van der Waals surface area contributed by atoms with Crippen LogP contribution in [-0.2, 0) is 22.9 Å². The number of esters is 1. The van der Waals surface area contributed by atoms with Crippen molar-refractivity contribution in [3.63, 3.8) is 0 Å². The highest BCUT2D eigenvalue weighted by Crippen LogP contribution is 2.34. The quantitative estimate of drug-likeness (QED) is 0.493. The Labute approximate surface area is 163 Å². The Kier molecular flexibility index (Phi) is 4.72. The van der Waals surface area contributed by atoms with Gasteiger partial charge in [-0.15, -0.1) is 0 Å². The SMILES string of the molecule is CN(C)S(=O)(=O)c1cccc(C(=O)Oc2ccc3oc4c(c3c2)CCCC4)c1. The van der Waals surface area contributed by atoms with E-state index in [1.807, 2.05) is 12.1 Å². The molecular formula is C21H21NO5S. The zero-order valence-electron chi connectivity index (χ0n) is 15.8. The molecule has 0 saturated carbocycles. The van der Waals surface area contributed by atoms with E-state index in [-0.39, 0.29) is 10.5 Å². The molecule has 7 heteroatoms. The van der Waals surface area contributed by atoms with Gasteiger partial charge in [-0.25, -0.2) is 17.5 Å². The van der Waals surface area contributed by atoms with Gasteiger partial charge in [0.05, 0.1) is 10.5 Å². The van der Waals surface area contributed by atoms with Gasteiger partial charge in [0.2, 0.25) is 10.0 Å². The Morgan fingerprint density at radius 2 is 1.86 bits per heavy atom. The summed E-state index contributed by atoms with van der Waals surface area (Å²) in [5, 5.41) is 0.976. The molecule has 0 radical (unpaired) electrons. The predicted molar refractivity (Wildman–Crippen MR) is 105 cm³/mol. The molecule has 4 rings (SSSR count). The predicted octanol–water partition coefficient (Wildman–Crippen LogP) is 3.78. The summed E-state index contributed by atoms with van der Waals surface area (Å²) in [6, 6.07) is 11.2. The van der Waals surface area contributed by atoms with E-state index in [1.54, 1.807) is 6.07 Å². The standard InChI is InChI=1S/C21H21NO5S/c1-22(2)28(24,25)16-7-5-6-14(12-16)21(23)26-15-10-11-20-18(13-15)17-8-3-4-9-19(17)27-20/h5-7,10-13H,3-4,8-9H2,1-2H3. The second-order valence-electron chi connectivity index (χ2n) is 7.07. The van der Waals surface area contributed by atoms with Crippen molar-refractivity contribution < 1.29 is 22.4 Å². The van der Waals surface area contributed by atoms with Crippen molar-refractivity contribution in [1.82, 2.24) is 4.31 Å². The molecule has 1 heterocycles. The smallest absolute Gasteiger partial charge is 0.343 e. The monoisotopic (exact) mass is 399 g/mol. The van der Waals surface area contributed by atoms with Crippen LogP contribution in [0, 0.1) is 0 Å². The number of sulfonamides is 1. The third-order valence-corrected chi connectivity index (χ3v) is 6.80. The highest BCUT2D eigenvalue weighted by atomic mass is 32.2. The molecule has 1 aliphatic carbocycles. The summed E-state index contributed by atoms with van der Waals surface area (Å²) in [7, 11) is -0.733. The third kappa shape index (κ3) is 3.31. The van der Waals surface area contributed by atoms with Crippen molar-refractivity contribution in [2.45, 2.75) is 30.6 Å². The Morgan fingerprint density at radius 1 is 1.07 bits per heavy atom. The minimum absolute atomic E-state index is 0.0475. The van der Waals surface area contributed by atoms with E-state index in [9.17, 15) is 13.2 Å². The molecule has 0 spiro atoms. The number of aryl methyl sites for hydroxylation is 2. The fourth-order valence-electron chi connectivity index (χ4n) is 3.47. The molecule has 0 aliphatic heterocycles. The Bertz CT molecular complexity index is 1160. The van der Waals surface area contributed by atoms with E-state index in [1.165, 1.54) is 43.9 Å². The molecule has 0 fully saturated rings. The van der Waals surface area contributed by atoms with Crippen LogP contribution in [0.1, 0.15) is 34.5 Å². The molecule has 0 bridgehead atoms. The van der Waals surface area contributed by atoms with Gasteiger partial charge in [0, 0.05) is 31.5 Å². The summed E-state index contributed by atoms with van der Waals surface area (Å²) in [4.78, 5) is 12.6. The average molecular weight is 399 g/mol. The minimum Gasteiger partial charge on any atom is -0.461 e. The molecule has 1 aromatic heterocycles. The summed E-state index contributed by atoms with van der Waals surface area (Å²) in [6.45, 7) is 0. The lowest BCUT2D eigenvalue weighted by atomic mass is 9.96. The molecule has 3 aromatic rings. The van der Waals surface area contributed by atoms with Crippen molar-refractivity contribution in [2.75, 3.05) is 14.1 Å². The number of carbonyl (C=O) groups is 1. The molecule has 0 saturated heterocycles. The topological polar surface area (TPSA) is 76.8 Å². The number of furan rings is 1. The third-order valence-electron chi connectivity index (χ3n) is 4.99. The molecule has 1 aliphatic rings. The molecule has 146 valence electrons. The van der Waals surface area contributed by atoms with Crippen molar-refractivity contribution in [1.29, 1.82) is 0 Å². The molecule has 0 N–H and O–H groups in total. The largest absolute Gasteiger partial charge is 0.461 e. The van der Waals surface area contributed by atoms with Gasteiger partial charge in [0.1, 0.15) is 17.1 Å². The summed E-state index contributed by atoms with van der Waals surface area (Å²) in [6.07, 6.45) is 4.15. The first-order chi connectivity index (χ1) is 13.4. The van der Waals surface area contributed by atoms with Crippen molar-refractivity contribution in [2.24, 2.45) is 0 Å². The number of hydrogen-bond acceptors (Lipinski definition) is 5. The van der Waals surface area contributed by atoms with Crippen molar-refractivity contribution in [3.8, 4) is 5.75 Å². The first-order valence-electron chi connectivity index (χ1n) is 9.15. The number of fused-ring (bicyclic) bond motifs is 3. The van der Waals surface area contributed by atoms with Gasteiger partial charge in [-0.05, 0) is 55.7 Å². The number of carbonyl (C=O) groups excluding carboxylic acids is 1. The Balaban J connectivity index is 1.62. The van der Waals surface area contributed by atoms with Crippen LogP contribution in [0.3, 0.4) is 0 Å². The van der Waals surface area contributed by atoms with E-state index >= 15 is 0 Å². The summed E-state index contributed by atoms with van der Waals surface area (Å²) in [5.41, 5.74) is 2.17.